The molecular weight excluding hydrogens is 226 g/mol. The van der Waals surface area contributed by atoms with Gasteiger partial charge in [0.2, 0.25) is 0 Å². The lowest BCUT2D eigenvalue weighted by Gasteiger charge is -2.18. The van der Waals surface area contributed by atoms with Gasteiger partial charge in [0, 0.05) is 12.2 Å². The van der Waals surface area contributed by atoms with Gasteiger partial charge in [-0.25, -0.2) is 9.97 Å². The summed E-state index contributed by atoms with van der Waals surface area (Å²) >= 11 is 6.02. The molecule has 2 rings (SSSR count). The molecule has 1 N–H and O–H groups in total. The Morgan fingerprint density at radius 2 is 2.12 bits per heavy atom. The first-order valence-corrected chi connectivity index (χ1v) is 5.84. The summed E-state index contributed by atoms with van der Waals surface area (Å²) in [7, 11) is 0. The fourth-order valence-electron chi connectivity index (χ4n) is 1.83. The van der Waals surface area contributed by atoms with Crippen molar-refractivity contribution >= 4 is 17.4 Å². The van der Waals surface area contributed by atoms with E-state index in [1.807, 2.05) is 13.8 Å². The number of rotatable bonds is 2. The second kappa shape index (κ2) is 4.55. The maximum atomic E-state index is 6.02. The molecule has 2 heterocycles. The molecule has 0 radical (unpaired) electrons. The van der Waals surface area contributed by atoms with Crippen molar-refractivity contribution in [3.05, 3.63) is 16.5 Å². The zero-order valence-corrected chi connectivity index (χ0v) is 10.5. The van der Waals surface area contributed by atoms with Crippen LogP contribution in [0.4, 0.5) is 5.82 Å². The van der Waals surface area contributed by atoms with Crippen LogP contribution < -0.4 is 5.32 Å². The SMILES string of the molecule is Cc1nc(Cl)c(C)c(NC2CCOC2C)n1. The number of aromatic nitrogens is 2. The lowest BCUT2D eigenvalue weighted by atomic mass is 10.1. The highest BCUT2D eigenvalue weighted by Gasteiger charge is 2.25. The molecule has 1 aliphatic heterocycles. The lowest BCUT2D eigenvalue weighted by Crippen LogP contribution is -2.27. The van der Waals surface area contributed by atoms with E-state index >= 15 is 0 Å². The monoisotopic (exact) mass is 241 g/mol. The standard InChI is InChI=1S/C11H16ClN3O/c1-6-10(12)13-8(3)14-11(6)15-9-4-5-16-7(9)2/h7,9H,4-5H2,1-3H3,(H,13,14,15). The summed E-state index contributed by atoms with van der Waals surface area (Å²) in [6.07, 6.45) is 1.22. The first kappa shape index (κ1) is 11.6. The Kier molecular flexibility index (Phi) is 3.30. The van der Waals surface area contributed by atoms with Crippen LogP contribution in [0.2, 0.25) is 5.15 Å². The molecule has 0 amide bonds. The quantitative estimate of drug-likeness (QED) is 0.808. The maximum Gasteiger partial charge on any atom is 0.137 e. The first-order valence-electron chi connectivity index (χ1n) is 5.47. The molecule has 2 atom stereocenters. The van der Waals surface area contributed by atoms with E-state index in [0.717, 1.165) is 24.4 Å². The van der Waals surface area contributed by atoms with Gasteiger partial charge in [-0.2, -0.15) is 0 Å². The average molecular weight is 242 g/mol. The summed E-state index contributed by atoms with van der Waals surface area (Å²) < 4.78 is 5.50. The van der Waals surface area contributed by atoms with Gasteiger partial charge in [-0.3, -0.25) is 0 Å². The van der Waals surface area contributed by atoms with Crippen molar-refractivity contribution in [1.29, 1.82) is 0 Å². The summed E-state index contributed by atoms with van der Waals surface area (Å²) in [5, 5.41) is 3.90. The summed E-state index contributed by atoms with van der Waals surface area (Å²) in [4.78, 5) is 8.48. The minimum absolute atomic E-state index is 0.216. The van der Waals surface area contributed by atoms with Crippen LogP contribution >= 0.6 is 11.6 Å². The number of halogens is 1. The van der Waals surface area contributed by atoms with E-state index in [9.17, 15) is 0 Å². The molecule has 1 fully saturated rings. The summed E-state index contributed by atoms with van der Waals surface area (Å²) in [5.41, 5.74) is 0.895. The van der Waals surface area contributed by atoms with Crippen LogP contribution in [0.15, 0.2) is 0 Å². The number of hydrogen-bond acceptors (Lipinski definition) is 4. The minimum Gasteiger partial charge on any atom is -0.376 e. The Balaban J connectivity index is 2.20. The molecule has 1 saturated heterocycles. The van der Waals surface area contributed by atoms with Crippen LogP contribution in [0.25, 0.3) is 0 Å². The molecule has 16 heavy (non-hydrogen) atoms. The maximum absolute atomic E-state index is 6.02. The molecule has 0 bridgehead atoms. The largest absolute Gasteiger partial charge is 0.376 e. The molecule has 4 nitrogen and oxygen atoms in total. The fraction of sp³-hybridized carbons (Fsp3) is 0.636. The molecule has 5 heteroatoms. The average Bonchev–Trinajstić information content (AvgIpc) is 2.60. The Morgan fingerprint density at radius 1 is 1.38 bits per heavy atom. The third-order valence-corrected chi connectivity index (χ3v) is 3.26. The van der Waals surface area contributed by atoms with E-state index in [1.54, 1.807) is 0 Å². The summed E-state index contributed by atoms with van der Waals surface area (Å²) in [6.45, 7) is 6.63. The van der Waals surface area contributed by atoms with Gasteiger partial charge in [0.15, 0.2) is 0 Å². The van der Waals surface area contributed by atoms with E-state index in [1.165, 1.54) is 0 Å². The molecule has 0 aliphatic carbocycles. The predicted molar refractivity (Wildman–Crippen MR) is 64.0 cm³/mol. The molecular formula is C11H16ClN3O. The van der Waals surface area contributed by atoms with Crippen LogP contribution in [0.1, 0.15) is 24.7 Å². The van der Waals surface area contributed by atoms with Crippen LogP contribution in [0.3, 0.4) is 0 Å². The molecule has 88 valence electrons. The van der Waals surface area contributed by atoms with Crippen molar-refractivity contribution in [2.75, 3.05) is 11.9 Å². The lowest BCUT2D eigenvalue weighted by molar-refractivity contribution is 0.121. The van der Waals surface area contributed by atoms with Crippen molar-refractivity contribution in [3.8, 4) is 0 Å². The molecule has 2 unspecified atom stereocenters. The van der Waals surface area contributed by atoms with Crippen LogP contribution in [-0.2, 0) is 4.74 Å². The zero-order valence-electron chi connectivity index (χ0n) is 9.75. The molecule has 1 aromatic heterocycles. The van der Waals surface area contributed by atoms with Crippen molar-refractivity contribution in [2.24, 2.45) is 0 Å². The number of anilines is 1. The second-order valence-electron chi connectivity index (χ2n) is 4.15. The summed E-state index contributed by atoms with van der Waals surface area (Å²) in [5.74, 6) is 1.50. The van der Waals surface area contributed by atoms with E-state index in [2.05, 4.69) is 22.2 Å². The summed E-state index contributed by atoms with van der Waals surface area (Å²) in [6, 6.07) is 0.309. The van der Waals surface area contributed by atoms with Gasteiger partial charge in [-0.15, -0.1) is 0 Å². The third kappa shape index (κ3) is 2.28. The molecule has 0 aromatic carbocycles. The topological polar surface area (TPSA) is 47.0 Å². The van der Waals surface area contributed by atoms with Crippen molar-refractivity contribution < 1.29 is 4.74 Å². The molecule has 0 saturated carbocycles. The molecule has 1 aromatic rings. The second-order valence-corrected chi connectivity index (χ2v) is 4.51. The zero-order chi connectivity index (χ0) is 11.7. The number of ether oxygens (including phenoxy) is 1. The Bertz CT molecular complexity index is 397. The highest BCUT2D eigenvalue weighted by atomic mass is 35.5. The van der Waals surface area contributed by atoms with E-state index in [4.69, 9.17) is 16.3 Å². The minimum atomic E-state index is 0.216. The third-order valence-electron chi connectivity index (χ3n) is 2.90. The van der Waals surface area contributed by atoms with Gasteiger partial charge in [0.05, 0.1) is 12.1 Å². The molecule has 1 aliphatic rings. The Morgan fingerprint density at radius 3 is 2.75 bits per heavy atom. The highest BCUT2D eigenvalue weighted by Crippen LogP contribution is 2.23. The molecule has 0 spiro atoms. The highest BCUT2D eigenvalue weighted by molar-refractivity contribution is 6.30. The van der Waals surface area contributed by atoms with E-state index in [0.29, 0.717) is 17.0 Å². The first-order chi connectivity index (χ1) is 7.58. The van der Waals surface area contributed by atoms with Gasteiger partial charge in [0.1, 0.15) is 16.8 Å². The number of nitrogens with one attached hydrogen (secondary N) is 1. The number of hydrogen-bond donors (Lipinski definition) is 1. The van der Waals surface area contributed by atoms with Crippen molar-refractivity contribution in [1.82, 2.24) is 9.97 Å². The predicted octanol–water partition coefficient (Wildman–Crippen LogP) is 2.34. The Labute approximate surface area is 100 Å². The normalized spacial score (nSPS) is 24.8. The van der Waals surface area contributed by atoms with E-state index < -0.39 is 0 Å². The van der Waals surface area contributed by atoms with Gasteiger partial charge in [0.25, 0.3) is 0 Å². The van der Waals surface area contributed by atoms with Gasteiger partial charge in [-0.05, 0) is 27.2 Å². The van der Waals surface area contributed by atoms with Crippen molar-refractivity contribution in [3.63, 3.8) is 0 Å². The Hall–Kier alpha value is -0.870. The van der Waals surface area contributed by atoms with Crippen LogP contribution in [0.5, 0.6) is 0 Å². The fourth-order valence-corrected chi connectivity index (χ4v) is 2.04. The van der Waals surface area contributed by atoms with E-state index in [-0.39, 0.29) is 6.10 Å². The number of nitrogens with zero attached hydrogens (tertiary/aromatic N) is 2. The smallest absolute Gasteiger partial charge is 0.137 e. The van der Waals surface area contributed by atoms with Crippen LogP contribution in [0, 0.1) is 13.8 Å². The van der Waals surface area contributed by atoms with Gasteiger partial charge in [-0.1, -0.05) is 11.6 Å². The van der Waals surface area contributed by atoms with Crippen molar-refractivity contribution in [2.45, 2.75) is 39.3 Å². The number of aryl methyl sites for hydroxylation is 1. The van der Waals surface area contributed by atoms with Crippen LogP contribution in [-0.4, -0.2) is 28.7 Å². The van der Waals surface area contributed by atoms with Gasteiger partial charge >= 0.3 is 0 Å². The van der Waals surface area contributed by atoms with Gasteiger partial charge < -0.3 is 10.1 Å².